The molecular weight excluding hydrogens is 352 g/mol. The van der Waals surface area contributed by atoms with Crippen LogP contribution in [0.1, 0.15) is 37.7 Å². The summed E-state index contributed by atoms with van der Waals surface area (Å²) < 4.78 is 0. The molecule has 1 aromatic carbocycles. The molecule has 2 aliphatic rings. The van der Waals surface area contributed by atoms with E-state index in [0.717, 1.165) is 45.0 Å². The molecule has 6 nitrogen and oxygen atoms in total. The number of amides is 2. The molecule has 2 saturated heterocycles. The molecule has 0 spiro atoms. The van der Waals surface area contributed by atoms with Crippen LogP contribution in [0.4, 0.5) is 5.69 Å². The Morgan fingerprint density at radius 3 is 2.07 bits per heavy atom. The fourth-order valence-electron chi connectivity index (χ4n) is 4.23. The monoisotopic (exact) mass is 388 g/mol. The Hall–Kier alpha value is -1.92. The number of rotatable bonds is 5. The Labute approximate surface area is 168 Å². The third kappa shape index (κ3) is 6.60. The summed E-state index contributed by atoms with van der Waals surface area (Å²) in [5.41, 5.74) is 2.03. The molecule has 0 bridgehead atoms. The maximum Gasteiger partial charge on any atom is 0.279 e. The van der Waals surface area contributed by atoms with Crippen LogP contribution >= 0.6 is 0 Å². The Morgan fingerprint density at radius 2 is 1.43 bits per heavy atom. The van der Waals surface area contributed by atoms with Crippen molar-refractivity contribution in [2.45, 2.75) is 39.0 Å². The first kappa shape index (κ1) is 20.8. The molecular formula is C22H36N4O2+2. The Bertz CT molecular complexity index is 630. The predicted octanol–water partition coefficient (Wildman–Crippen LogP) is -0.490. The van der Waals surface area contributed by atoms with Gasteiger partial charge in [-0.1, -0.05) is 24.1 Å². The van der Waals surface area contributed by atoms with Gasteiger partial charge in [0.2, 0.25) is 0 Å². The van der Waals surface area contributed by atoms with Crippen LogP contribution in [0, 0.1) is 6.92 Å². The summed E-state index contributed by atoms with van der Waals surface area (Å²) in [6.45, 7) is 8.64. The maximum absolute atomic E-state index is 12.7. The highest BCUT2D eigenvalue weighted by atomic mass is 16.2. The second-order valence-electron chi connectivity index (χ2n) is 8.42. The van der Waals surface area contributed by atoms with Gasteiger partial charge in [-0.25, -0.2) is 0 Å². The van der Waals surface area contributed by atoms with Crippen LogP contribution in [0.25, 0.3) is 0 Å². The topological polar surface area (TPSA) is 58.3 Å². The van der Waals surface area contributed by atoms with E-state index in [4.69, 9.17) is 0 Å². The van der Waals surface area contributed by atoms with Gasteiger partial charge in [-0.15, -0.1) is 0 Å². The fraction of sp³-hybridized carbons (Fsp3) is 0.636. The molecule has 3 N–H and O–H groups in total. The average molecular weight is 389 g/mol. The number of hydrogen-bond acceptors (Lipinski definition) is 2. The second-order valence-corrected chi connectivity index (χ2v) is 8.42. The van der Waals surface area contributed by atoms with Gasteiger partial charge >= 0.3 is 0 Å². The van der Waals surface area contributed by atoms with Crippen molar-refractivity contribution in [1.29, 1.82) is 0 Å². The maximum atomic E-state index is 12.7. The van der Waals surface area contributed by atoms with Crippen LogP contribution in [-0.4, -0.2) is 69.1 Å². The average Bonchev–Trinajstić information content (AvgIpc) is 2.66. The van der Waals surface area contributed by atoms with Gasteiger partial charge in [-0.05, 0) is 44.7 Å². The molecule has 0 aliphatic carbocycles. The van der Waals surface area contributed by atoms with Crippen molar-refractivity contribution in [2.24, 2.45) is 0 Å². The summed E-state index contributed by atoms with van der Waals surface area (Å²) in [5.74, 6) is 0.336. The van der Waals surface area contributed by atoms with Crippen molar-refractivity contribution in [3.05, 3.63) is 29.8 Å². The van der Waals surface area contributed by atoms with Gasteiger partial charge in [0.1, 0.15) is 0 Å². The van der Waals surface area contributed by atoms with Gasteiger partial charge in [0.05, 0.1) is 39.3 Å². The van der Waals surface area contributed by atoms with Gasteiger partial charge in [0.15, 0.2) is 13.1 Å². The van der Waals surface area contributed by atoms with Crippen LogP contribution in [0.2, 0.25) is 0 Å². The fourth-order valence-corrected chi connectivity index (χ4v) is 4.23. The molecule has 0 radical (unpaired) electrons. The molecule has 6 heteroatoms. The number of carbonyl (C=O) groups excluding carboxylic acids is 2. The summed E-state index contributed by atoms with van der Waals surface area (Å²) in [5, 5.41) is 2.97. The number of nitrogens with zero attached hydrogens (tertiary/aromatic N) is 1. The zero-order valence-electron chi connectivity index (χ0n) is 17.3. The number of hydrogen-bond donors (Lipinski definition) is 3. The minimum Gasteiger partial charge on any atom is -0.327 e. The normalized spacial score (nSPS) is 19.7. The zero-order valence-corrected chi connectivity index (χ0v) is 17.3. The lowest BCUT2D eigenvalue weighted by molar-refractivity contribution is -0.898. The van der Waals surface area contributed by atoms with Crippen molar-refractivity contribution in [2.75, 3.05) is 57.7 Å². The van der Waals surface area contributed by atoms with Crippen molar-refractivity contribution in [3.63, 3.8) is 0 Å². The van der Waals surface area contributed by atoms with Crippen molar-refractivity contribution in [3.8, 4) is 0 Å². The standard InChI is InChI=1S/C22H34N4O2/c1-19-7-9-20(10-8-19)23-21(27)17-25-13-15-26(16-14-25)22(28)18-24-11-5-3-2-4-6-12-24/h7-10H,2-6,11-18H2,1H3,(H,23,27)/p+2. The smallest absolute Gasteiger partial charge is 0.279 e. The van der Waals surface area contributed by atoms with E-state index in [9.17, 15) is 9.59 Å². The number of nitrogens with one attached hydrogen (secondary N) is 3. The van der Waals surface area contributed by atoms with E-state index < -0.39 is 0 Å². The van der Waals surface area contributed by atoms with E-state index in [1.165, 1.54) is 47.5 Å². The van der Waals surface area contributed by atoms with Gasteiger partial charge < -0.3 is 20.0 Å². The number of benzene rings is 1. The number of anilines is 1. The summed E-state index contributed by atoms with van der Waals surface area (Å²) in [6, 6.07) is 7.88. The number of aryl methyl sites for hydroxylation is 1. The molecule has 28 heavy (non-hydrogen) atoms. The Kier molecular flexibility index (Phi) is 7.86. The predicted molar refractivity (Wildman–Crippen MR) is 111 cm³/mol. The van der Waals surface area contributed by atoms with E-state index in [1.54, 1.807) is 0 Å². The summed E-state index contributed by atoms with van der Waals surface area (Å²) >= 11 is 0. The molecule has 0 atom stereocenters. The van der Waals surface area contributed by atoms with Crippen LogP contribution in [0.5, 0.6) is 0 Å². The van der Waals surface area contributed by atoms with Crippen LogP contribution < -0.4 is 15.1 Å². The molecule has 0 unspecified atom stereocenters. The quantitative estimate of drug-likeness (QED) is 0.638. The van der Waals surface area contributed by atoms with Gasteiger partial charge in [-0.2, -0.15) is 0 Å². The molecule has 2 heterocycles. The van der Waals surface area contributed by atoms with Crippen LogP contribution in [0.3, 0.4) is 0 Å². The lowest BCUT2D eigenvalue weighted by atomic mass is 10.1. The minimum atomic E-state index is 0.0451. The largest absolute Gasteiger partial charge is 0.327 e. The number of piperazine rings is 1. The van der Waals surface area contributed by atoms with Crippen molar-refractivity contribution >= 4 is 17.5 Å². The van der Waals surface area contributed by atoms with Crippen LogP contribution in [-0.2, 0) is 9.59 Å². The van der Waals surface area contributed by atoms with Gasteiger partial charge in [0.25, 0.3) is 11.8 Å². The summed E-state index contributed by atoms with van der Waals surface area (Å²) in [6.07, 6.45) is 6.46. The zero-order chi connectivity index (χ0) is 19.8. The third-order valence-electron chi connectivity index (χ3n) is 6.03. The summed E-state index contributed by atoms with van der Waals surface area (Å²) in [4.78, 5) is 29.7. The van der Waals surface area contributed by atoms with Crippen LogP contribution in [0.15, 0.2) is 24.3 Å². The van der Waals surface area contributed by atoms with E-state index in [2.05, 4.69) is 5.32 Å². The highest BCUT2D eigenvalue weighted by Gasteiger charge is 2.27. The lowest BCUT2D eigenvalue weighted by Crippen LogP contribution is -3.16. The minimum absolute atomic E-state index is 0.0451. The van der Waals surface area contributed by atoms with E-state index in [-0.39, 0.29) is 5.91 Å². The first-order valence-electron chi connectivity index (χ1n) is 10.9. The number of carbonyl (C=O) groups is 2. The molecule has 3 rings (SSSR count). The van der Waals surface area contributed by atoms with Gasteiger partial charge in [-0.3, -0.25) is 9.59 Å². The molecule has 154 valence electrons. The second kappa shape index (κ2) is 10.6. The Morgan fingerprint density at radius 1 is 0.857 bits per heavy atom. The highest BCUT2D eigenvalue weighted by molar-refractivity contribution is 5.91. The van der Waals surface area contributed by atoms with E-state index in [1.807, 2.05) is 36.1 Å². The summed E-state index contributed by atoms with van der Waals surface area (Å²) in [7, 11) is 0. The Balaban J connectivity index is 1.38. The van der Waals surface area contributed by atoms with Crippen molar-refractivity contribution < 1.29 is 19.4 Å². The first-order valence-corrected chi connectivity index (χ1v) is 10.9. The highest BCUT2D eigenvalue weighted by Crippen LogP contribution is 2.07. The molecule has 0 aromatic heterocycles. The SMILES string of the molecule is Cc1ccc(NC(=O)C[NH+]2CCN(C(=O)C[NH+]3CCCCCCC3)CC2)cc1. The van der Waals surface area contributed by atoms with E-state index in [0.29, 0.717) is 19.0 Å². The molecule has 1 aromatic rings. The third-order valence-corrected chi connectivity index (χ3v) is 6.03. The number of quaternary nitrogens is 2. The molecule has 0 saturated carbocycles. The molecule has 2 amide bonds. The molecule has 2 fully saturated rings. The van der Waals surface area contributed by atoms with E-state index >= 15 is 0 Å². The number of likely N-dealkylation sites (tertiary alicyclic amines) is 1. The van der Waals surface area contributed by atoms with Crippen molar-refractivity contribution in [1.82, 2.24) is 4.90 Å². The first-order chi connectivity index (χ1) is 13.6. The van der Waals surface area contributed by atoms with Gasteiger partial charge in [0, 0.05) is 5.69 Å². The lowest BCUT2D eigenvalue weighted by Gasteiger charge is -2.32. The molecule has 2 aliphatic heterocycles.